The Balaban J connectivity index is 1.31. The predicted octanol–water partition coefficient (Wildman–Crippen LogP) is 4.01. The number of nitrogens with zero attached hydrogens (tertiary/aromatic N) is 1. The highest BCUT2D eigenvalue weighted by Gasteiger charge is 2.34. The van der Waals surface area contributed by atoms with Crippen LogP contribution in [-0.4, -0.2) is 11.5 Å². The van der Waals surface area contributed by atoms with Crippen molar-refractivity contribution < 1.29 is 4.42 Å². The van der Waals surface area contributed by atoms with Crippen LogP contribution in [0.2, 0.25) is 0 Å². The molecule has 110 valence electrons. The van der Waals surface area contributed by atoms with Crippen molar-refractivity contribution in [3.8, 4) is 10.6 Å². The van der Waals surface area contributed by atoms with Gasteiger partial charge in [-0.2, -0.15) is 0 Å². The van der Waals surface area contributed by atoms with Crippen molar-refractivity contribution in [2.24, 2.45) is 17.8 Å². The number of allylic oxidation sites excluding steroid dienone is 2. The van der Waals surface area contributed by atoms with Crippen LogP contribution in [0.4, 0.5) is 0 Å². The lowest BCUT2D eigenvalue weighted by molar-refractivity contribution is 0.414. The molecule has 4 rings (SSSR count). The normalized spacial score (nSPS) is 26.8. The van der Waals surface area contributed by atoms with Crippen molar-refractivity contribution in [3.63, 3.8) is 0 Å². The molecule has 0 saturated heterocycles. The van der Waals surface area contributed by atoms with E-state index in [0.29, 0.717) is 0 Å². The fourth-order valence-electron chi connectivity index (χ4n) is 3.57. The van der Waals surface area contributed by atoms with E-state index >= 15 is 0 Å². The number of rotatable bonds is 5. The smallest absolute Gasteiger partial charge is 0.145 e. The monoisotopic (exact) mass is 300 g/mol. The molecule has 3 atom stereocenters. The number of aryl methyl sites for hydroxylation is 1. The molecule has 0 spiro atoms. The summed E-state index contributed by atoms with van der Waals surface area (Å²) in [6, 6.07) is 4.01. The average Bonchev–Trinajstić information content (AvgIpc) is 3.21. The van der Waals surface area contributed by atoms with Gasteiger partial charge in [-0.3, -0.25) is 0 Å². The summed E-state index contributed by atoms with van der Waals surface area (Å²) in [7, 11) is 0. The van der Waals surface area contributed by atoms with Crippen LogP contribution in [0, 0.1) is 24.7 Å². The molecule has 0 amide bonds. The van der Waals surface area contributed by atoms with Crippen LogP contribution >= 0.6 is 11.3 Å². The first-order valence-corrected chi connectivity index (χ1v) is 8.50. The number of thiazole rings is 1. The third kappa shape index (κ3) is 2.70. The lowest BCUT2D eigenvalue weighted by atomic mass is 9.94. The van der Waals surface area contributed by atoms with Gasteiger partial charge in [-0.15, -0.1) is 11.3 Å². The van der Waals surface area contributed by atoms with Crippen LogP contribution in [0.5, 0.6) is 0 Å². The van der Waals surface area contributed by atoms with Gasteiger partial charge in [0.1, 0.15) is 16.5 Å². The molecule has 2 aromatic rings. The molecule has 0 radical (unpaired) electrons. The quantitative estimate of drug-likeness (QED) is 0.848. The lowest BCUT2D eigenvalue weighted by Crippen LogP contribution is -2.24. The van der Waals surface area contributed by atoms with Crippen molar-refractivity contribution >= 4 is 11.3 Å². The first kappa shape index (κ1) is 13.3. The molecule has 1 fully saturated rings. The number of aromatic nitrogens is 1. The maximum Gasteiger partial charge on any atom is 0.145 e. The van der Waals surface area contributed by atoms with E-state index in [1.807, 2.05) is 25.3 Å². The second kappa shape index (κ2) is 5.43. The van der Waals surface area contributed by atoms with E-state index in [1.165, 1.54) is 12.8 Å². The zero-order valence-corrected chi connectivity index (χ0v) is 13.0. The zero-order chi connectivity index (χ0) is 14.2. The van der Waals surface area contributed by atoms with E-state index in [2.05, 4.69) is 22.5 Å². The molecule has 0 aromatic carbocycles. The topological polar surface area (TPSA) is 38.1 Å². The summed E-state index contributed by atoms with van der Waals surface area (Å²) in [6.45, 7) is 3.94. The van der Waals surface area contributed by atoms with Gasteiger partial charge in [0.25, 0.3) is 0 Å². The van der Waals surface area contributed by atoms with E-state index in [0.717, 1.165) is 52.2 Å². The van der Waals surface area contributed by atoms with Crippen LogP contribution < -0.4 is 5.32 Å². The van der Waals surface area contributed by atoms with Crippen LogP contribution in [0.15, 0.2) is 34.9 Å². The number of hydrogen-bond donors (Lipinski definition) is 1. The maximum absolute atomic E-state index is 5.64. The highest BCUT2D eigenvalue weighted by atomic mass is 32.1. The minimum atomic E-state index is 0.820. The Morgan fingerprint density at radius 3 is 3.00 bits per heavy atom. The van der Waals surface area contributed by atoms with Crippen LogP contribution in [0.25, 0.3) is 10.6 Å². The molecule has 1 saturated carbocycles. The maximum atomic E-state index is 5.64. The van der Waals surface area contributed by atoms with Gasteiger partial charge in [0, 0.05) is 12.7 Å². The Hall–Kier alpha value is -1.39. The summed E-state index contributed by atoms with van der Waals surface area (Å²) in [5.74, 6) is 4.37. The van der Waals surface area contributed by atoms with Gasteiger partial charge in [-0.25, -0.2) is 4.98 Å². The standard InChI is InChI=1S/C17H20N2OS/c1-11-2-5-15(20-11)16-9-19-17(21-16)10-18-8-14-7-12-3-4-13(14)6-12/h2-5,9,12-14,18H,6-8,10H2,1H3. The largest absolute Gasteiger partial charge is 0.460 e. The summed E-state index contributed by atoms with van der Waals surface area (Å²) in [6.07, 6.45) is 9.48. The van der Waals surface area contributed by atoms with Crippen molar-refractivity contribution in [2.45, 2.75) is 26.3 Å². The molecular formula is C17H20N2OS. The highest BCUT2D eigenvalue weighted by Crippen LogP contribution is 2.43. The van der Waals surface area contributed by atoms with E-state index in [1.54, 1.807) is 11.3 Å². The van der Waals surface area contributed by atoms with Gasteiger partial charge >= 0.3 is 0 Å². The molecule has 3 unspecified atom stereocenters. The van der Waals surface area contributed by atoms with Gasteiger partial charge in [0.15, 0.2) is 0 Å². The van der Waals surface area contributed by atoms with Crippen molar-refractivity contribution in [1.82, 2.24) is 10.3 Å². The van der Waals surface area contributed by atoms with Gasteiger partial charge < -0.3 is 9.73 Å². The summed E-state index contributed by atoms with van der Waals surface area (Å²) < 4.78 is 5.64. The van der Waals surface area contributed by atoms with Gasteiger partial charge in [0.05, 0.1) is 4.88 Å². The Kier molecular flexibility index (Phi) is 3.43. The molecular weight excluding hydrogens is 280 g/mol. The molecule has 0 aliphatic heterocycles. The van der Waals surface area contributed by atoms with E-state index in [-0.39, 0.29) is 0 Å². The third-order valence-electron chi connectivity index (χ3n) is 4.64. The van der Waals surface area contributed by atoms with E-state index in [4.69, 9.17) is 4.42 Å². The fraction of sp³-hybridized carbons (Fsp3) is 0.471. The molecule has 4 heteroatoms. The predicted molar refractivity (Wildman–Crippen MR) is 85.1 cm³/mol. The first-order chi connectivity index (χ1) is 10.3. The van der Waals surface area contributed by atoms with E-state index < -0.39 is 0 Å². The highest BCUT2D eigenvalue weighted by molar-refractivity contribution is 7.15. The summed E-state index contributed by atoms with van der Waals surface area (Å²) in [5, 5.41) is 4.72. The number of nitrogens with one attached hydrogen (secondary N) is 1. The Bertz CT molecular complexity index is 657. The van der Waals surface area contributed by atoms with Crippen molar-refractivity contribution in [2.75, 3.05) is 6.54 Å². The summed E-state index contributed by atoms with van der Waals surface area (Å²) in [4.78, 5) is 5.61. The summed E-state index contributed by atoms with van der Waals surface area (Å²) >= 11 is 1.72. The number of hydrogen-bond acceptors (Lipinski definition) is 4. The Labute approximate surface area is 129 Å². The van der Waals surface area contributed by atoms with Crippen LogP contribution in [0.1, 0.15) is 23.6 Å². The van der Waals surface area contributed by atoms with Crippen molar-refractivity contribution in [1.29, 1.82) is 0 Å². The van der Waals surface area contributed by atoms with Crippen molar-refractivity contribution in [3.05, 3.63) is 41.2 Å². The molecule has 2 heterocycles. The minimum absolute atomic E-state index is 0.820. The molecule has 2 aliphatic carbocycles. The molecule has 2 aromatic heterocycles. The SMILES string of the molecule is Cc1ccc(-c2cnc(CNCC3CC4C=CC3C4)s2)o1. The molecule has 1 N–H and O–H groups in total. The number of furan rings is 1. The van der Waals surface area contributed by atoms with Gasteiger partial charge in [-0.05, 0) is 56.2 Å². The summed E-state index contributed by atoms with van der Waals surface area (Å²) in [5.41, 5.74) is 0. The van der Waals surface area contributed by atoms with Crippen LogP contribution in [-0.2, 0) is 6.54 Å². The third-order valence-corrected chi connectivity index (χ3v) is 5.65. The fourth-order valence-corrected chi connectivity index (χ4v) is 4.42. The second-order valence-electron chi connectivity index (χ2n) is 6.20. The Morgan fingerprint density at radius 2 is 2.29 bits per heavy atom. The first-order valence-electron chi connectivity index (χ1n) is 7.68. The molecule has 2 bridgehead atoms. The molecule has 3 nitrogen and oxygen atoms in total. The number of fused-ring (bicyclic) bond motifs is 2. The van der Waals surface area contributed by atoms with E-state index in [9.17, 15) is 0 Å². The minimum Gasteiger partial charge on any atom is -0.460 e. The lowest BCUT2D eigenvalue weighted by Gasteiger charge is -2.17. The molecule has 2 aliphatic rings. The zero-order valence-electron chi connectivity index (χ0n) is 12.2. The Morgan fingerprint density at radius 1 is 1.33 bits per heavy atom. The molecule has 21 heavy (non-hydrogen) atoms. The average molecular weight is 300 g/mol. The second-order valence-corrected chi connectivity index (χ2v) is 7.31. The van der Waals surface area contributed by atoms with Gasteiger partial charge in [-0.1, -0.05) is 12.2 Å². The van der Waals surface area contributed by atoms with Crippen LogP contribution in [0.3, 0.4) is 0 Å². The van der Waals surface area contributed by atoms with Gasteiger partial charge in [0.2, 0.25) is 0 Å².